The molecule has 0 N–H and O–H groups in total. The molecule has 2 aliphatic rings. The Kier molecular flexibility index (Phi) is 6.07. The van der Waals surface area contributed by atoms with Gasteiger partial charge in [0, 0.05) is 16.9 Å². The van der Waals surface area contributed by atoms with Gasteiger partial charge in [-0.05, 0) is 42.0 Å². The van der Waals surface area contributed by atoms with Crippen LogP contribution in [0.3, 0.4) is 0 Å². The molecule has 4 rings (SSSR count). The fraction of sp³-hybridized carbons (Fsp3) is 0.320. The first-order chi connectivity index (χ1) is 15.3. The van der Waals surface area contributed by atoms with Gasteiger partial charge < -0.3 is 9.47 Å². The molecule has 2 fully saturated rings. The Hall–Kier alpha value is -3.11. The minimum absolute atomic E-state index is 0.0587. The topological polar surface area (TPSA) is 76.4 Å². The molecule has 0 spiro atoms. The molecule has 1 saturated heterocycles. The summed E-state index contributed by atoms with van der Waals surface area (Å²) in [7, 11) is 0. The van der Waals surface area contributed by atoms with Gasteiger partial charge in [0.15, 0.2) is 11.6 Å². The number of allylic oxidation sites excluding steroid dienone is 1. The van der Waals surface area contributed by atoms with Gasteiger partial charge >= 0.3 is 5.97 Å². The van der Waals surface area contributed by atoms with Crippen LogP contribution in [0.1, 0.15) is 31.9 Å². The maximum atomic E-state index is 14.3. The number of para-hydroxylation sites is 1. The van der Waals surface area contributed by atoms with Crippen molar-refractivity contribution in [3.63, 3.8) is 0 Å². The van der Waals surface area contributed by atoms with Gasteiger partial charge in [-0.2, -0.15) is 5.26 Å². The Morgan fingerprint density at radius 1 is 1.28 bits per heavy atom. The lowest BCUT2D eigenvalue weighted by atomic mass is 10.1. The van der Waals surface area contributed by atoms with Gasteiger partial charge in [0.2, 0.25) is 11.2 Å². The number of hydrogen-bond donors (Lipinski definition) is 0. The van der Waals surface area contributed by atoms with Crippen LogP contribution in [-0.4, -0.2) is 16.8 Å². The van der Waals surface area contributed by atoms with E-state index in [0.29, 0.717) is 17.7 Å². The molecule has 2 aromatic rings. The molecule has 7 heteroatoms. The summed E-state index contributed by atoms with van der Waals surface area (Å²) in [5, 5.41) is 9.68. The van der Waals surface area contributed by atoms with Crippen LogP contribution < -0.4 is 4.74 Å². The van der Waals surface area contributed by atoms with E-state index in [1.165, 1.54) is 30.0 Å². The molecule has 0 radical (unpaired) electrons. The van der Waals surface area contributed by atoms with E-state index >= 15 is 0 Å². The third-order valence-corrected chi connectivity index (χ3v) is 6.93. The number of ether oxygens (including phenoxy) is 2. The van der Waals surface area contributed by atoms with E-state index in [1.54, 1.807) is 24.3 Å². The summed E-state index contributed by atoms with van der Waals surface area (Å²) in [6.45, 7) is 3.89. The first-order valence-electron chi connectivity index (χ1n) is 10.3. The van der Waals surface area contributed by atoms with Crippen LogP contribution in [-0.2, 0) is 14.3 Å². The van der Waals surface area contributed by atoms with Crippen LogP contribution >= 0.6 is 11.8 Å². The van der Waals surface area contributed by atoms with E-state index in [0.717, 1.165) is 11.3 Å². The highest BCUT2D eigenvalue weighted by Crippen LogP contribution is 2.60. The number of halogens is 1. The zero-order valence-electron chi connectivity index (χ0n) is 17.7. The summed E-state index contributed by atoms with van der Waals surface area (Å²) in [6, 6.07) is 14.6. The summed E-state index contributed by atoms with van der Waals surface area (Å²) < 4.78 is 25.3. The summed E-state index contributed by atoms with van der Waals surface area (Å²) in [4.78, 5) is 24.8. The minimum atomic E-state index is -1.20. The highest BCUT2D eigenvalue weighted by Gasteiger charge is 2.62. The average molecular weight is 452 g/mol. The maximum Gasteiger partial charge on any atom is 0.311 e. The van der Waals surface area contributed by atoms with Crippen molar-refractivity contribution in [1.82, 2.24) is 0 Å². The number of benzene rings is 2. The molecule has 1 aliphatic heterocycles. The van der Waals surface area contributed by atoms with Crippen LogP contribution in [0.2, 0.25) is 0 Å². The average Bonchev–Trinajstić information content (AvgIpc) is 3.08. The monoisotopic (exact) mass is 451 g/mol. The molecule has 1 aliphatic carbocycles. The van der Waals surface area contributed by atoms with Crippen LogP contribution in [0.25, 0.3) is 0 Å². The highest BCUT2D eigenvalue weighted by atomic mass is 32.2. The molecule has 2 aromatic carbocycles. The lowest BCUT2D eigenvalue weighted by molar-refractivity contribution is -0.149. The number of thioether (sulfide) groups is 1. The van der Waals surface area contributed by atoms with E-state index in [9.17, 15) is 19.2 Å². The number of carbonyl (C=O) groups excluding carboxylic acids is 2. The van der Waals surface area contributed by atoms with Crippen molar-refractivity contribution in [2.75, 3.05) is 5.75 Å². The Labute approximate surface area is 190 Å². The zero-order valence-corrected chi connectivity index (χ0v) is 18.5. The van der Waals surface area contributed by atoms with Crippen molar-refractivity contribution in [2.24, 2.45) is 17.3 Å². The number of nitriles is 1. The first-order valence-corrected chi connectivity index (χ1v) is 11.3. The standard InChI is InChI=1S/C25H22FNO4S/c1-25(2)18(12-16-10-11-32-24(16)29)22(25)23(28)31-21(14-27)15-8-9-19(26)20(13-15)30-17-6-4-3-5-7-17/h3-9,12-13,18,21-22H,10-11H2,1-2H3/t18-,21?,22+/m1/s1. The quantitative estimate of drug-likeness (QED) is 0.421. The van der Waals surface area contributed by atoms with Gasteiger partial charge in [-0.15, -0.1) is 0 Å². The van der Waals surface area contributed by atoms with E-state index in [1.807, 2.05) is 32.1 Å². The molecular formula is C25H22FNO4S. The molecule has 1 saturated carbocycles. The Balaban J connectivity index is 1.49. The van der Waals surface area contributed by atoms with Crippen molar-refractivity contribution < 1.29 is 23.5 Å². The first kappa shape index (κ1) is 22.1. The number of hydrogen-bond acceptors (Lipinski definition) is 6. The van der Waals surface area contributed by atoms with E-state index in [4.69, 9.17) is 9.47 Å². The Bertz CT molecular complexity index is 1120. The molecule has 1 unspecified atom stereocenters. The van der Waals surface area contributed by atoms with Crippen molar-refractivity contribution in [1.29, 1.82) is 5.26 Å². The van der Waals surface area contributed by atoms with Crippen molar-refractivity contribution in [3.8, 4) is 17.6 Å². The molecule has 0 aromatic heterocycles. The zero-order chi connectivity index (χ0) is 22.9. The predicted molar refractivity (Wildman–Crippen MR) is 118 cm³/mol. The van der Waals surface area contributed by atoms with Gasteiger partial charge in [-0.25, -0.2) is 4.39 Å². The van der Waals surface area contributed by atoms with Crippen LogP contribution in [0, 0.1) is 34.4 Å². The second kappa shape index (κ2) is 8.79. The third-order valence-electron chi connectivity index (χ3n) is 5.99. The fourth-order valence-corrected chi connectivity index (χ4v) is 4.85. The molecular weight excluding hydrogens is 429 g/mol. The smallest absolute Gasteiger partial charge is 0.311 e. The van der Waals surface area contributed by atoms with E-state index in [2.05, 4.69) is 0 Å². The summed E-state index contributed by atoms with van der Waals surface area (Å²) in [6.07, 6.45) is 1.40. The fourth-order valence-electron chi connectivity index (χ4n) is 3.99. The van der Waals surface area contributed by atoms with Crippen molar-refractivity contribution in [3.05, 3.63) is 71.6 Å². The molecule has 5 nitrogen and oxygen atoms in total. The normalized spacial score (nSPS) is 23.4. The maximum absolute atomic E-state index is 14.3. The molecule has 3 atom stereocenters. The molecule has 1 heterocycles. The number of esters is 1. The van der Waals surface area contributed by atoms with Gasteiger partial charge in [-0.3, -0.25) is 9.59 Å². The highest BCUT2D eigenvalue weighted by molar-refractivity contribution is 8.14. The van der Waals surface area contributed by atoms with E-state index in [-0.39, 0.29) is 22.2 Å². The van der Waals surface area contributed by atoms with Crippen LogP contribution in [0.4, 0.5) is 4.39 Å². The van der Waals surface area contributed by atoms with Crippen molar-refractivity contribution >= 4 is 22.8 Å². The Morgan fingerprint density at radius 2 is 2.03 bits per heavy atom. The summed E-state index contributed by atoms with van der Waals surface area (Å²) in [5.41, 5.74) is 0.715. The lowest BCUT2D eigenvalue weighted by Crippen LogP contribution is -2.14. The minimum Gasteiger partial charge on any atom is -0.454 e. The third kappa shape index (κ3) is 4.42. The van der Waals surface area contributed by atoms with Crippen molar-refractivity contribution in [2.45, 2.75) is 26.4 Å². The van der Waals surface area contributed by atoms with Gasteiger partial charge in [0.1, 0.15) is 11.8 Å². The summed E-state index contributed by atoms with van der Waals surface area (Å²) in [5.74, 6) is -0.490. The number of carbonyl (C=O) groups is 2. The van der Waals surface area contributed by atoms with Crippen LogP contribution in [0.15, 0.2) is 60.2 Å². The molecule has 164 valence electrons. The SMILES string of the molecule is CC1(C)[C@H](C=C2CCSC2=O)[C@H]1C(=O)OC(C#N)c1ccc(F)c(Oc2ccccc2)c1. The van der Waals surface area contributed by atoms with E-state index < -0.39 is 23.8 Å². The number of nitrogens with zero attached hydrogens (tertiary/aromatic N) is 1. The second-order valence-corrected chi connectivity index (χ2v) is 9.52. The van der Waals surface area contributed by atoms with Gasteiger partial charge in [0.05, 0.1) is 5.92 Å². The number of rotatable bonds is 6. The summed E-state index contributed by atoms with van der Waals surface area (Å²) >= 11 is 1.29. The Morgan fingerprint density at radius 3 is 2.69 bits per heavy atom. The van der Waals surface area contributed by atoms with Gasteiger partial charge in [0.25, 0.3) is 0 Å². The molecule has 0 bridgehead atoms. The molecule has 32 heavy (non-hydrogen) atoms. The largest absolute Gasteiger partial charge is 0.454 e. The second-order valence-electron chi connectivity index (χ2n) is 8.45. The predicted octanol–water partition coefficient (Wildman–Crippen LogP) is 5.59. The lowest BCUT2D eigenvalue weighted by Gasteiger charge is -2.14. The van der Waals surface area contributed by atoms with Crippen LogP contribution in [0.5, 0.6) is 11.5 Å². The van der Waals surface area contributed by atoms with Gasteiger partial charge in [-0.1, -0.05) is 56.0 Å². The molecule has 0 amide bonds.